The Morgan fingerprint density at radius 3 is 2.37 bits per heavy atom. The Hall–Kier alpha value is -4.26. The van der Waals surface area contributed by atoms with Crippen molar-refractivity contribution in [2.75, 3.05) is 24.9 Å². The minimum Gasteiger partial charge on any atom is -0.493 e. The van der Waals surface area contributed by atoms with E-state index >= 15 is 0 Å². The van der Waals surface area contributed by atoms with Crippen LogP contribution in [0.2, 0.25) is 0 Å². The maximum atomic E-state index is 13.5. The number of ether oxygens (including phenoxy) is 2. The van der Waals surface area contributed by atoms with Gasteiger partial charge in [0.2, 0.25) is 5.91 Å². The number of carbonyl (C=O) groups excluding carboxylic acids is 1. The molecule has 0 unspecified atom stereocenters. The quantitative estimate of drug-likeness (QED) is 0.383. The summed E-state index contributed by atoms with van der Waals surface area (Å²) in [5.41, 5.74) is 4.62. The molecule has 35 heavy (non-hydrogen) atoms. The third kappa shape index (κ3) is 5.46. The Bertz CT molecular complexity index is 1440. The molecule has 4 aromatic rings. The predicted molar refractivity (Wildman–Crippen MR) is 140 cm³/mol. The van der Waals surface area contributed by atoms with Gasteiger partial charge in [-0.05, 0) is 66.8 Å². The lowest BCUT2D eigenvalue weighted by atomic mass is 10.1. The first kappa shape index (κ1) is 23.9. The molecule has 0 spiro atoms. The highest BCUT2D eigenvalue weighted by atomic mass is 16.5. The van der Waals surface area contributed by atoms with Crippen molar-refractivity contribution in [3.8, 4) is 11.5 Å². The zero-order chi connectivity index (χ0) is 24.9. The average Bonchev–Trinajstić information content (AvgIpc) is 2.84. The topological polar surface area (TPSA) is 81.6 Å². The number of benzene rings is 3. The summed E-state index contributed by atoms with van der Waals surface area (Å²) >= 11 is 0. The molecule has 1 aromatic heterocycles. The largest absolute Gasteiger partial charge is 0.493 e. The summed E-state index contributed by atoms with van der Waals surface area (Å²) in [6.07, 6.45) is 0. The van der Waals surface area contributed by atoms with Crippen molar-refractivity contribution < 1.29 is 14.3 Å². The van der Waals surface area contributed by atoms with Crippen molar-refractivity contribution in [2.45, 2.75) is 26.9 Å². The van der Waals surface area contributed by atoms with Crippen molar-refractivity contribution in [3.63, 3.8) is 0 Å². The lowest BCUT2D eigenvalue weighted by Gasteiger charge is -2.15. The summed E-state index contributed by atoms with van der Waals surface area (Å²) in [5, 5.41) is 7.07. The fourth-order valence-electron chi connectivity index (χ4n) is 4.04. The number of nitrogens with zero attached hydrogens (tertiary/aromatic N) is 1. The molecule has 0 fully saturated rings. The number of hydrogen-bond acceptors (Lipinski definition) is 5. The highest BCUT2D eigenvalue weighted by Crippen LogP contribution is 2.30. The smallest absolute Gasteiger partial charge is 0.256 e. The van der Waals surface area contributed by atoms with Gasteiger partial charge in [0.15, 0.2) is 11.5 Å². The Kier molecular flexibility index (Phi) is 7.06. The number of carbonyl (C=O) groups is 1. The Morgan fingerprint density at radius 2 is 1.63 bits per heavy atom. The van der Waals surface area contributed by atoms with Crippen molar-refractivity contribution in [3.05, 3.63) is 93.8 Å². The minimum absolute atomic E-state index is 0.0864. The maximum absolute atomic E-state index is 13.5. The van der Waals surface area contributed by atoms with Gasteiger partial charge in [-0.1, -0.05) is 24.3 Å². The van der Waals surface area contributed by atoms with Crippen LogP contribution in [0.4, 0.5) is 11.4 Å². The van der Waals surface area contributed by atoms with Crippen LogP contribution < -0.4 is 25.7 Å². The zero-order valence-corrected chi connectivity index (χ0v) is 20.3. The highest BCUT2D eigenvalue weighted by molar-refractivity contribution is 5.92. The first-order chi connectivity index (χ1) is 16.9. The molecule has 0 saturated carbocycles. The van der Waals surface area contributed by atoms with Gasteiger partial charge in [-0.2, -0.15) is 0 Å². The monoisotopic (exact) mass is 471 g/mol. The van der Waals surface area contributed by atoms with E-state index in [1.807, 2.05) is 74.5 Å². The Morgan fingerprint density at radius 1 is 0.857 bits per heavy atom. The normalized spacial score (nSPS) is 10.7. The van der Waals surface area contributed by atoms with Gasteiger partial charge in [-0.25, -0.2) is 0 Å². The second-order valence-corrected chi connectivity index (χ2v) is 8.46. The number of methoxy groups -OCH3 is 2. The molecule has 180 valence electrons. The van der Waals surface area contributed by atoms with Gasteiger partial charge in [0, 0.05) is 29.5 Å². The molecule has 2 N–H and O–H groups in total. The molecule has 0 radical (unpaired) electrons. The summed E-state index contributed by atoms with van der Waals surface area (Å²) in [5.74, 6) is 0.961. The van der Waals surface area contributed by atoms with Crippen LogP contribution in [0.15, 0.2) is 71.5 Å². The zero-order valence-electron chi connectivity index (χ0n) is 20.3. The number of rotatable bonds is 8. The SMILES string of the molecule is COc1ccc(NCc2cc3ccc(C)cc3n(CC(=O)Nc3cccc(C)c3)c2=O)cc1OC. The molecule has 0 saturated heterocycles. The van der Waals surface area contributed by atoms with Gasteiger partial charge in [0.25, 0.3) is 5.56 Å². The van der Waals surface area contributed by atoms with Gasteiger partial charge in [-0.15, -0.1) is 0 Å². The summed E-state index contributed by atoms with van der Waals surface area (Å²) in [6, 6.07) is 20.8. The number of fused-ring (bicyclic) bond motifs is 1. The minimum atomic E-state index is -0.259. The predicted octanol–water partition coefficient (Wildman–Crippen LogP) is 4.89. The summed E-state index contributed by atoms with van der Waals surface area (Å²) in [4.78, 5) is 26.4. The van der Waals surface area contributed by atoms with Crippen molar-refractivity contribution in [1.29, 1.82) is 0 Å². The fourth-order valence-corrected chi connectivity index (χ4v) is 4.04. The molecule has 7 heteroatoms. The lowest BCUT2D eigenvalue weighted by molar-refractivity contribution is -0.116. The van der Waals surface area contributed by atoms with Gasteiger partial charge in [0.05, 0.1) is 19.7 Å². The van der Waals surface area contributed by atoms with Gasteiger partial charge >= 0.3 is 0 Å². The molecule has 0 aliphatic carbocycles. The molecule has 0 bridgehead atoms. The van der Waals surface area contributed by atoms with E-state index in [1.54, 1.807) is 24.9 Å². The van der Waals surface area contributed by atoms with Crippen LogP contribution in [0.5, 0.6) is 11.5 Å². The summed E-state index contributed by atoms with van der Waals surface area (Å²) in [6.45, 7) is 4.13. The molecular weight excluding hydrogens is 442 g/mol. The Labute approximate surface area is 204 Å². The van der Waals surface area contributed by atoms with Crippen molar-refractivity contribution >= 4 is 28.2 Å². The van der Waals surface area contributed by atoms with Crippen LogP contribution in [0.25, 0.3) is 10.9 Å². The summed E-state index contributed by atoms with van der Waals surface area (Å²) in [7, 11) is 3.16. The van der Waals surface area contributed by atoms with Crippen molar-refractivity contribution in [1.82, 2.24) is 4.57 Å². The van der Waals surface area contributed by atoms with E-state index in [0.29, 0.717) is 22.7 Å². The molecule has 1 heterocycles. The van der Waals surface area contributed by atoms with Gasteiger partial charge in [0.1, 0.15) is 6.54 Å². The first-order valence-corrected chi connectivity index (χ1v) is 11.3. The third-order valence-corrected chi connectivity index (χ3v) is 5.80. The molecule has 3 aromatic carbocycles. The second-order valence-electron chi connectivity index (χ2n) is 8.46. The van der Waals surface area contributed by atoms with E-state index in [-0.39, 0.29) is 24.6 Å². The van der Waals surface area contributed by atoms with Crippen LogP contribution in [0.1, 0.15) is 16.7 Å². The molecular formula is C28H29N3O4. The van der Waals surface area contributed by atoms with Crippen LogP contribution in [0, 0.1) is 13.8 Å². The number of nitrogens with one attached hydrogen (secondary N) is 2. The number of anilines is 2. The van der Waals surface area contributed by atoms with Crippen molar-refractivity contribution in [2.24, 2.45) is 0 Å². The average molecular weight is 472 g/mol. The van der Waals surface area contributed by atoms with Gasteiger partial charge < -0.3 is 20.1 Å². The lowest BCUT2D eigenvalue weighted by Crippen LogP contribution is -2.30. The Balaban J connectivity index is 1.64. The van der Waals surface area contributed by atoms with E-state index in [1.165, 1.54) is 0 Å². The molecule has 7 nitrogen and oxygen atoms in total. The second kappa shape index (κ2) is 10.3. The number of aromatic nitrogens is 1. The third-order valence-electron chi connectivity index (χ3n) is 5.80. The number of aryl methyl sites for hydroxylation is 2. The summed E-state index contributed by atoms with van der Waals surface area (Å²) < 4.78 is 12.2. The van der Waals surface area contributed by atoms with Crippen LogP contribution in [-0.2, 0) is 17.9 Å². The van der Waals surface area contributed by atoms with E-state index in [4.69, 9.17) is 9.47 Å². The van der Waals surface area contributed by atoms with Crippen LogP contribution in [0.3, 0.4) is 0 Å². The molecule has 4 rings (SSSR count). The molecule has 1 amide bonds. The fraction of sp³-hybridized carbons (Fsp3) is 0.214. The maximum Gasteiger partial charge on any atom is 0.256 e. The molecule has 0 aliphatic rings. The number of pyridine rings is 1. The van der Waals surface area contributed by atoms with E-state index in [9.17, 15) is 9.59 Å². The molecule has 0 atom stereocenters. The number of amides is 1. The standard InChI is InChI=1S/C28H29N3O4/c1-18-6-5-7-23(12-18)30-27(32)17-31-24-13-19(2)8-9-20(24)14-21(28(31)33)16-29-22-10-11-25(34-3)26(15-22)35-4/h5-15,29H,16-17H2,1-4H3,(H,30,32). The van der Waals surface area contributed by atoms with E-state index in [0.717, 1.165) is 27.7 Å². The van der Waals surface area contributed by atoms with Crippen LogP contribution >= 0.6 is 0 Å². The van der Waals surface area contributed by atoms with E-state index < -0.39 is 0 Å². The number of hydrogen-bond donors (Lipinski definition) is 2. The van der Waals surface area contributed by atoms with E-state index in [2.05, 4.69) is 10.6 Å². The van der Waals surface area contributed by atoms with Gasteiger partial charge in [-0.3, -0.25) is 14.2 Å². The molecule has 0 aliphatic heterocycles. The van der Waals surface area contributed by atoms with Crippen LogP contribution in [-0.4, -0.2) is 24.7 Å². The first-order valence-electron chi connectivity index (χ1n) is 11.3. The highest BCUT2D eigenvalue weighted by Gasteiger charge is 2.14.